The van der Waals surface area contributed by atoms with Crippen molar-refractivity contribution in [2.24, 2.45) is 0 Å². The maximum absolute atomic E-state index is 14.2. The van der Waals surface area contributed by atoms with Gasteiger partial charge in [-0.3, -0.25) is 14.7 Å². The van der Waals surface area contributed by atoms with Gasteiger partial charge in [-0.15, -0.1) is 0 Å². The van der Waals surface area contributed by atoms with Gasteiger partial charge in [-0.05, 0) is 68.0 Å². The normalized spacial score (nSPS) is 21.7. The molecule has 0 aliphatic heterocycles. The molecule has 158 valence electrons. The lowest BCUT2D eigenvalue weighted by atomic mass is 9.75. The monoisotopic (exact) mass is 402 g/mol. The van der Waals surface area contributed by atoms with Gasteiger partial charge in [0.1, 0.15) is 5.82 Å². The number of hydrogen-bond acceptors (Lipinski definition) is 4. The van der Waals surface area contributed by atoms with Crippen molar-refractivity contribution in [2.45, 2.75) is 57.9 Å². The van der Waals surface area contributed by atoms with Gasteiger partial charge in [-0.1, -0.05) is 26.0 Å². The number of rotatable bonds is 8. The molecule has 0 radical (unpaired) electrons. The second kappa shape index (κ2) is 9.05. The summed E-state index contributed by atoms with van der Waals surface area (Å²) >= 11 is 0. The molecule has 2 aromatic rings. The highest BCUT2D eigenvalue weighted by molar-refractivity contribution is 5.88. The molecule has 1 amide bonds. The van der Waals surface area contributed by atoms with Crippen LogP contribution in [0.1, 0.15) is 55.7 Å². The smallest absolute Gasteiger partial charge is 0.254 e. The van der Waals surface area contributed by atoms with Crippen LogP contribution in [0.5, 0.6) is 0 Å². The molecule has 1 aromatic carbocycles. The number of nitrogens with one attached hydrogen (secondary N) is 1. The molecule has 2 atom stereocenters. The third-order valence-electron chi connectivity index (χ3n) is 6.50. The van der Waals surface area contributed by atoms with Crippen LogP contribution >= 0.6 is 0 Å². The van der Waals surface area contributed by atoms with E-state index in [1.807, 2.05) is 16.4 Å². The minimum Gasteiger partial charge on any atom is -0.302 e. The van der Waals surface area contributed by atoms with Gasteiger partial charge in [0.25, 0.3) is 5.91 Å². The van der Waals surface area contributed by atoms with Crippen LogP contribution in [-0.4, -0.2) is 45.4 Å². The topological polar surface area (TPSA) is 70.4 Å². The van der Waals surface area contributed by atoms with Crippen LogP contribution in [0.2, 0.25) is 0 Å². The average Bonchev–Trinajstić information content (AvgIpc) is 3.38. The Morgan fingerprint density at radius 2 is 2.17 bits per heavy atom. The number of hydroxylamine groups is 1. The summed E-state index contributed by atoms with van der Waals surface area (Å²) in [4.78, 5) is 15.1. The Labute approximate surface area is 171 Å². The van der Waals surface area contributed by atoms with E-state index in [4.69, 9.17) is 0 Å². The molecule has 3 rings (SSSR count). The number of halogens is 1. The van der Waals surface area contributed by atoms with Crippen LogP contribution in [0.25, 0.3) is 0 Å². The second-order valence-electron chi connectivity index (χ2n) is 7.94. The van der Waals surface area contributed by atoms with E-state index >= 15 is 0 Å². The third-order valence-corrected chi connectivity index (χ3v) is 6.50. The quantitative estimate of drug-likeness (QED) is 0.525. The Balaban J connectivity index is 1.81. The number of carbonyl (C=O) groups excluding carboxylic acids is 1. The lowest BCUT2D eigenvalue weighted by molar-refractivity contribution is -0.135. The van der Waals surface area contributed by atoms with Crippen molar-refractivity contribution in [3.63, 3.8) is 0 Å². The van der Waals surface area contributed by atoms with Crippen LogP contribution < -0.4 is 5.48 Å². The fourth-order valence-electron chi connectivity index (χ4n) is 4.63. The summed E-state index contributed by atoms with van der Waals surface area (Å²) in [5.74, 6) is -0.667. The van der Waals surface area contributed by atoms with E-state index in [0.29, 0.717) is 24.0 Å². The molecular formula is C22H31FN4O2. The van der Waals surface area contributed by atoms with Gasteiger partial charge in [0.2, 0.25) is 0 Å². The van der Waals surface area contributed by atoms with E-state index < -0.39 is 11.3 Å². The molecule has 7 heteroatoms. The molecule has 0 bridgehead atoms. The van der Waals surface area contributed by atoms with Gasteiger partial charge in [-0.2, -0.15) is 5.10 Å². The SMILES string of the molecule is CCN(CC)CCn1cc([C@H]2CC[C@@](C(=O)NO)(c3cccc(F)c3C)C2)cn1. The van der Waals surface area contributed by atoms with Crippen molar-refractivity contribution in [1.82, 2.24) is 20.2 Å². The Morgan fingerprint density at radius 3 is 2.86 bits per heavy atom. The Morgan fingerprint density at radius 1 is 1.41 bits per heavy atom. The van der Waals surface area contributed by atoms with E-state index in [0.717, 1.165) is 38.2 Å². The summed E-state index contributed by atoms with van der Waals surface area (Å²) in [6.45, 7) is 9.78. The molecule has 1 aliphatic rings. The standard InChI is InChI=1S/C22H31FN4O2/c1-4-26(5-2)11-12-27-15-18(14-24-27)17-9-10-22(13-17,21(28)25-29)19-7-6-8-20(23)16(19)3/h6-8,14-15,17,29H,4-5,9-13H2,1-3H3,(H,25,28)/t17-,22-/m0/s1. The first kappa shape index (κ1) is 21.5. The van der Waals surface area contributed by atoms with Crippen molar-refractivity contribution in [2.75, 3.05) is 19.6 Å². The fraction of sp³-hybridized carbons (Fsp3) is 0.545. The Hall–Kier alpha value is -2.25. The van der Waals surface area contributed by atoms with Crippen LogP contribution in [0, 0.1) is 12.7 Å². The average molecular weight is 403 g/mol. The van der Waals surface area contributed by atoms with Crippen molar-refractivity contribution < 1.29 is 14.4 Å². The fourth-order valence-corrected chi connectivity index (χ4v) is 4.63. The van der Waals surface area contributed by atoms with Gasteiger partial charge in [0.05, 0.1) is 18.2 Å². The molecule has 0 spiro atoms. The summed E-state index contributed by atoms with van der Waals surface area (Å²) in [7, 11) is 0. The van der Waals surface area contributed by atoms with E-state index in [1.54, 1.807) is 19.1 Å². The van der Waals surface area contributed by atoms with Crippen LogP contribution in [0.3, 0.4) is 0 Å². The number of likely N-dealkylation sites (N-methyl/N-ethyl adjacent to an activating group) is 1. The van der Waals surface area contributed by atoms with Crippen molar-refractivity contribution in [1.29, 1.82) is 0 Å². The maximum Gasteiger partial charge on any atom is 0.254 e. The summed E-state index contributed by atoms with van der Waals surface area (Å²) in [6, 6.07) is 4.82. The molecule has 29 heavy (non-hydrogen) atoms. The lowest BCUT2D eigenvalue weighted by Gasteiger charge is -2.29. The van der Waals surface area contributed by atoms with Gasteiger partial charge in [0, 0.05) is 12.7 Å². The summed E-state index contributed by atoms with van der Waals surface area (Å²) < 4.78 is 16.1. The van der Waals surface area contributed by atoms with E-state index in [2.05, 4.69) is 30.0 Å². The van der Waals surface area contributed by atoms with Crippen molar-refractivity contribution in [3.05, 3.63) is 53.1 Å². The first-order valence-electron chi connectivity index (χ1n) is 10.4. The van der Waals surface area contributed by atoms with Crippen molar-refractivity contribution in [3.8, 4) is 0 Å². The number of hydrogen-bond donors (Lipinski definition) is 2. The minimum absolute atomic E-state index is 0.136. The zero-order valence-corrected chi connectivity index (χ0v) is 17.5. The first-order chi connectivity index (χ1) is 13.9. The van der Waals surface area contributed by atoms with Crippen LogP contribution in [0.15, 0.2) is 30.6 Å². The summed E-state index contributed by atoms with van der Waals surface area (Å²) in [6.07, 6.45) is 5.79. The number of aromatic nitrogens is 2. The summed E-state index contributed by atoms with van der Waals surface area (Å²) in [5.41, 5.74) is 3.10. The second-order valence-corrected chi connectivity index (χ2v) is 7.94. The highest BCUT2D eigenvalue weighted by Crippen LogP contribution is 2.49. The van der Waals surface area contributed by atoms with Gasteiger partial charge >= 0.3 is 0 Å². The van der Waals surface area contributed by atoms with Crippen LogP contribution in [-0.2, 0) is 16.8 Å². The lowest BCUT2D eigenvalue weighted by Crippen LogP contribution is -2.42. The number of nitrogens with zero attached hydrogens (tertiary/aromatic N) is 3. The highest BCUT2D eigenvalue weighted by Gasteiger charge is 2.48. The zero-order valence-electron chi connectivity index (χ0n) is 17.5. The maximum atomic E-state index is 14.2. The molecule has 6 nitrogen and oxygen atoms in total. The molecule has 1 aliphatic carbocycles. The molecule has 1 fully saturated rings. The molecular weight excluding hydrogens is 371 g/mol. The number of amides is 1. The van der Waals surface area contributed by atoms with Gasteiger partial charge < -0.3 is 4.90 Å². The largest absolute Gasteiger partial charge is 0.302 e. The minimum atomic E-state index is -0.936. The van der Waals surface area contributed by atoms with Gasteiger partial charge in [0.15, 0.2) is 0 Å². The number of carbonyl (C=O) groups is 1. The molecule has 1 saturated carbocycles. The van der Waals surface area contributed by atoms with Crippen LogP contribution in [0.4, 0.5) is 4.39 Å². The first-order valence-corrected chi connectivity index (χ1v) is 10.4. The summed E-state index contributed by atoms with van der Waals surface area (Å²) in [5, 5.41) is 13.9. The van der Waals surface area contributed by atoms with Gasteiger partial charge in [-0.25, -0.2) is 9.87 Å². The molecule has 0 saturated heterocycles. The molecule has 0 unspecified atom stereocenters. The Bertz CT molecular complexity index is 849. The third kappa shape index (κ3) is 4.21. The Kier molecular flexibility index (Phi) is 6.70. The highest BCUT2D eigenvalue weighted by atomic mass is 19.1. The van der Waals surface area contributed by atoms with E-state index in [-0.39, 0.29) is 11.7 Å². The van der Waals surface area contributed by atoms with E-state index in [9.17, 15) is 14.4 Å². The number of benzene rings is 1. The zero-order chi connectivity index (χ0) is 21.0. The van der Waals surface area contributed by atoms with E-state index in [1.165, 1.54) is 6.07 Å². The molecule has 1 aromatic heterocycles. The molecule has 2 N–H and O–H groups in total. The predicted octanol–water partition coefficient (Wildman–Crippen LogP) is 3.38. The van der Waals surface area contributed by atoms with Crippen molar-refractivity contribution >= 4 is 5.91 Å². The molecule has 1 heterocycles. The predicted molar refractivity (Wildman–Crippen MR) is 109 cm³/mol.